The first-order chi connectivity index (χ1) is 3.18. The fraction of sp³-hybridized carbons (Fsp3) is 0.833. The first-order valence-corrected chi connectivity index (χ1v) is 3.13. The monoisotopic (exact) mass is 116 g/mol. The summed E-state index contributed by atoms with van der Waals surface area (Å²) < 4.78 is 0. The van der Waals surface area contributed by atoms with Crippen LogP contribution in [0.25, 0.3) is 0 Å². The molecule has 0 saturated heterocycles. The van der Waals surface area contributed by atoms with Crippen LogP contribution in [0.1, 0.15) is 27.2 Å². The molecule has 2 radical (unpaired) electrons. The maximum Gasteiger partial charge on any atom is 0.0182 e. The predicted molar refractivity (Wildman–Crippen MR) is 36.3 cm³/mol. The molecule has 0 bridgehead atoms. The van der Waals surface area contributed by atoms with Gasteiger partial charge in [-0.15, -0.1) is 0 Å². The van der Waals surface area contributed by atoms with Gasteiger partial charge in [0.05, 0.1) is 0 Å². The molecule has 0 heterocycles. The predicted octanol–water partition coefficient (Wildman–Crippen LogP) is 2.58. The maximum atomic E-state index is 4.96. The van der Waals surface area contributed by atoms with Gasteiger partial charge in [-0.05, 0) is 12.3 Å². The molecule has 0 fully saturated rings. The molecule has 0 aliphatic rings. The van der Waals surface area contributed by atoms with Crippen molar-refractivity contribution in [2.75, 3.05) is 0 Å². The Morgan fingerprint density at radius 2 is 2.14 bits per heavy atom. The van der Waals surface area contributed by atoms with E-state index in [9.17, 15) is 0 Å². The molecule has 0 saturated carbocycles. The van der Waals surface area contributed by atoms with Crippen LogP contribution >= 0.6 is 12.6 Å². The van der Waals surface area contributed by atoms with Crippen molar-refractivity contribution in [3.63, 3.8) is 0 Å². The molecule has 0 aromatic carbocycles. The molecular weight excluding hydrogens is 104 g/mol. The average Bonchev–Trinajstić information content (AvgIpc) is 1.65. The van der Waals surface area contributed by atoms with Gasteiger partial charge in [-0.3, -0.25) is 0 Å². The molecule has 42 valence electrons. The van der Waals surface area contributed by atoms with Gasteiger partial charge in [-0.1, -0.05) is 33.4 Å². The van der Waals surface area contributed by atoms with Gasteiger partial charge in [0.1, 0.15) is 0 Å². The number of hydrogen-bond donors (Lipinski definition) is 0. The first-order valence-electron chi connectivity index (χ1n) is 2.66. The molecule has 0 spiro atoms. The molecule has 0 amide bonds. The van der Waals surface area contributed by atoms with Gasteiger partial charge in [0, 0.05) is 5.25 Å². The second kappa shape index (κ2) is 3.36. The third kappa shape index (κ3) is 2.98. The number of rotatable bonds is 2. The smallest absolute Gasteiger partial charge is 0.0182 e. The van der Waals surface area contributed by atoms with E-state index in [1.165, 1.54) is 5.92 Å². The van der Waals surface area contributed by atoms with Gasteiger partial charge in [-0.25, -0.2) is 0 Å². The summed E-state index contributed by atoms with van der Waals surface area (Å²) in [6.45, 7) is 6.30. The van der Waals surface area contributed by atoms with Crippen LogP contribution in [0.2, 0.25) is 0 Å². The van der Waals surface area contributed by atoms with E-state index < -0.39 is 0 Å². The van der Waals surface area contributed by atoms with Crippen molar-refractivity contribution in [3.8, 4) is 0 Å². The summed E-state index contributed by atoms with van der Waals surface area (Å²) in [6, 6.07) is 0. The average molecular weight is 116 g/mol. The standard InChI is InChI=1S/C6H12S/c1-4-5(2)6(3)7/h6H,4H2,1-3H3. The highest BCUT2D eigenvalue weighted by molar-refractivity contribution is 7.81. The molecule has 0 aromatic rings. The van der Waals surface area contributed by atoms with Crippen molar-refractivity contribution in [3.05, 3.63) is 5.92 Å². The van der Waals surface area contributed by atoms with Crippen molar-refractivity contribution >= 4 is 12.6 Å². The minimum Gasteiger partial charge on any atom is -0.0901 e. The highest BCUT2D eigenvalue weighted by Crippen LogP contribution is 2.13. The highest BCUT2D eigenvalue weighted by atomic mass is 32.1. The van der Waals surface area contributed by atoms with Gasteiger partial charge in [0.25, 0.3) is 0 Å². The lowest BCUT2D eigenvalue weighted by Crippen LogP contribution is -2.01. The molecule has 0 aliphatic carbocycles. The lowest BCUT2D eigenvalue weighted by Gasteiger charge is -2.07. The molecule has 1 unspecified atom stereocenters. The van der Waals surface area contributed by atoms with Gasteiger partial charge in [-0.2, -0.15) is 0 Å². The Labute approximate surface area is 51.7 Å². The molecule has 0 nitrogen and oxygen atoms in total. The van der Waals surface area contributed by atoms with Crippen molar-refractivity contribution in [1.82, 2.24) is 0 Å². The van der Waals surface area contributed by atoms with Crippen LogP contribution in [-0.2, 0) is 0 Å². The Morgan fingerprint density at radius 3 is 2.14 bits per heavy atom. The molecule has 0 aromatic heterocycles. The highest BCUT2D eigenvalue weighted by Gasteiger charge is 2.03. The summed E-state index contributed by atoms with van der Waals surface area (Å²) in [5, 5.41) is 0.366. The number of hydrogen-bond acceptors (Lipinski definition) is 0. The van der Waals surface area contributed by atoms with Crippen molar-refractivity contribution < 1.29 is 0 Å². The fourth-order valence-electron chi connectivity index (χ4n) is 0.287. The zero-order chi connectivity index (χ0) is 5.86. The van der Waals surface area contributed by atoms with E-state index in [0.717, 1.165) is 6.42 Å². The van der Waals surface area contributed by atoms with E-state index in [-0.39, 0.29) is 0 Å². The summed E-state index contributed by atoms with van der Waals surface area (Å²) in [6.07, 6.45) is 1.13. The third-order valence-corrected chi connectivity index (χ3v) is 1.65. The Bertz CT molecular complexity index is 41.4. The summed E-state index contributed by atoms with van der Waals surface area (Å²) in [5.74, 6) is 1.41. The molecule has 1 atom stereocenters. The Morgan fingerprint density at radius 1 is 1.71 bits per heavy atom. The maximum absolute atomic E-state index is 4.96. The zero-order valence-electron chi connectivity index (χ0n) is 5.19. The molecule has 0 N–H and O–H groups in total. The summed E-state index contributed by atoms with van der Waals surface area (Å²) in [5.41, 5.74) is 0. The second-order valence-electron chi connectivity index (χ2n) is 1.84. The van der Waals surface area contributed by atoms with Crippen LogP contribution in [0.4, 0.5) is 0 Å². The van der Waals surface area contributed by atoms with E-state index >= 15 is 0 Å². The minimum absolute atomic E-state index is 0.366. The van der Waals surface area contributed by atoms with Crippen LogP contribution in [0, 0.1) is 5.92 Å². The van der Waals surface area contributed by atoms with Crippen molar-refractivity contribution in [2.45, 2.75) is 32.4 Å². The first kappa shape index (κ1) is 7.35. The summed E-state index contributed by atoms with van der Waals surface area (Å²) in [7, 11) is 0. The molecular formula is C6H12S. The molecule has 7 heavy (non-hydrogen) atoms. The lowest BCUT2D eigenvalue weighted by atomic mass is 10.1. The van der Waals surface area contributed by atoms with Crippen molar-refractivity contribution in [1.29, 1.82) is 0 Å². The van der Waals surface area contributed by atoms with Gasteiger partial charge in [0.15, 0.2) is 0 Å². The Balaban J connectivity index is 3.14. The van der Waals surface area contributed by atoms with E-state index in [1.54, 1.807) is 0 Å². The summed E-state index contributed by atoms with van der Waals surface area (Å²) in [4.78, 5) is 0. The fourth-order valence-corrected chi connectivity index (χ4v) is 0.454. The largest absolute Gasteiger partial charge is 0.0901 e. The minimum atomic E-state index is 0.366. The SMILES string of the molecule is CC[C](C)C(C)[S]. The lowest BCUT2D eigenvalue weighted by molar-refractivity contribution is 0.836. The van der Waals surface area contributed by atoms with Crippen LogP contribution in [0.5, 0.6) is 0 Å². The van der Waals surface area contributed by atoms with Crippen LogP contribution in [-0.4, -0.2) is 5.25 Å². The Hall–Kier alpha value is 0.350. The molecule has 0 rings (SSSR count). The topological polar surface area (TPSA) is 0 Å². The zero-order valence-corrected chi connectivity index (χ0v) is 6.01. The van der Waals surface area contributed by atoms with E-state index in [4.69, 9.17) is 12.6 Å². The van der Waals surface area contributed by atoms with E-state index in [1.807, 2.05) is 6.92 Å². The molecule has 1 heteroatoms. The van der Waals surface area contributed by atoms with E-state index in [2.05, 4.69) is 13.8 Å². The van der Waals surface area contributed by atoms with E-state index in [0.29, 0.717) is 5.25 Å². The van der Waals surface area contributed by atoms with Crippen LogP contribution in [0.15, 0.2) is 0 Å². The quantitative estimate of drug-likeness (QED) is 0.520. The third-order valence-electron chi connectivity index (χ3n) is 1.25. The van der Waals surface area contributed by atoms with Crippen molar-refractivity contribution in [2.24, 2.45) is 0 Å². The van der Waals surface area contributed by atoms with Crippen LogP contribution < -0.4 is 0 Å². The second-order valence-corrected chi connectivity index (χ2v) is 2.55. The van der Waals surface area contributed by atoms with Gasteiger partial charge >= 0.3 is 0 Å². The molecule has 0 aliphatic heterocycles. The Kier molecular flexibility index (Phi) is 3.53. The van der Waals surface area contributed by atoms with Gasteiger partial charge in [0.2, 0.25) is 0 Å². The van der Waals surface area contributed by atoms with Gasteiger partial charge < -0.3 is 0 Å². The summed E-state index contributed by atoms with van der Waals surface area (Å²) >= 11 is 4.96. The van der Waals surface area contributed by atoms with Crippen LogP contribution in [0.3, 0.4) is 0 Å². The normalized spacial score (nSPS) is 15.0.